The van der Waals surface area contributed by atoms with Crippen LogP contribution in [0.15, 0.2) is 0 Å². The Morgan fingerprint density at radius 2 is 2.27 bits per heavy atom. The fraction of sp³-hybridized carbons (Fsp3) is 1.00. The van der Waals surface area contributed by atoms with Gasteiger partial charge in [0.15, 0.2) is 0 Å². The van der Waals surface area contributed by atoms with Crippen molar-refractivity contribution in [3.05, 3.63) is 0 Å². The predicted molar refractivity (Wildman–Crippen MR) is 60.7 cm³/mol. The van der Waals surface area contributed by atoms with E-state index in [0.717, 1.165) is 6.42 Å². The van der Waals surface area contributed by atoms with Crippen LogP contribution in [-0.4, -0.2) is 39.0 Å². The van der Waals surface area contributed by atoms with Gasteiger partial charge in [-0.25, -0.2) is 0 Å². The Morgan fingerprint density at radius 1 is 1.40 bits per heavy atom. The maximum Gasteiger partial charge on any atom is 0.0915 e. The third-order valence-electron chi connectivity index (χ3n) is 2.72. The van der Waals surface area contributed by atoms with E-state index in [1.165, 1.54) is 25.8 Å². The second-order valence-corrected chi connectivity index (χ2v) is 4.24. The zero-order valence-electron chi connectivity index (χ0n) is 9.92. The summed E-state index contributed by atoms with van der Waals surface area (Å²) in [5.41, 5.74) is 3.04. The maximum atomic E-state index is 5.27. The molecule has 4 heteroatoms. The van der Waals surface area contributed by atoms with Gasteiger partial charge in [-0.2, -0.15) is 5.48 Å². The largest absolute Gasteiger partial charge is 0.382 e. The second-order valence-electron chi connectivity index (χ2n) is 4.24. The highest BCUT2D eigenvalue weighted by Crippen LogP contribution is 2.11. The van der Waals surface area contributed by atoms with Crippen LogP contribution in [0.4, 0.5) is 0 Å². The van der Waals surface area contributed by atoms with Crippen molar-refractivity contribution in [2.75, 3.05) is 26.9 Å². The highest BCUT2D eigenvalue weighted by Gasteiger charge is 2.15. The molecule has 0 spiro atoms. The minimum absolute atomic E-state index is 0.400. The van der Waals surface area contributed by atoms with Gasteiger partial charge in [0, 0.05) is 19.2 Å². The van der Waals surface area contributed by atoms with Gasteiger partial charge in [0.05, 0.1) is 13.2 Å². The Bertz CT molecular complexity index is 150. The highest BCUT2D eigenvalue weighted by atomic mass is 16.7. The van der Waals surface area contributed by atoms with E-state index in [1.807, 2.05) is 0 Å². The van der Waals surface area contributed by atoms with Crippen molar-refractivity contribution in [2.24, 2.45) is 0 Å². The Morgan fingerprint density at radius 3 is 2.93 bits per heavy atom. The van der Waals surface area contributed by atoms with Crippen LogP contribution in [0, 0.1) is 0 Å². The normalized spacial score (nSPS) is 24.0. The smallest absolute Gasteiger partial charge is 0.0915 e. The van der Waals surface area contributed by atoms with Crippen LogP contribution in [0.5, 0.6) is 0 Å². The van der Waals surface area contributed by atoms with Gasteiger partial charge in [-0.15, -0.1) is 0 Å². The number of piperidine rings is 1. The van der Waals surface area contributed by atoms with Crippen molar-refractivity contribution in [2.45, 2.75) is 44.7 Å². The minimum Gasteiger partial charge on any atom is -0.382 e. The second kappa shape index (κ2) is 8.05. The molecule has 2 atom stereocenters. The first-order chi connectivity index (χ1) is 7.33. The summed E-state index contributed by atoms with van der Waals surface area (Å²) < 4.78 is 4.90. The number of rotatable bonds is 7. The molecule has 0 aromatic rings. The van der Waals surface area contributed by atoms with E-state index < -0.39 is 0 Å². The number of hydrogen-bond acceptors (Lipinski definition) is 4. The molecule has 2 N–H and O–H groups in total. The Kier molecular flexibility index (Phi) is 6.92. The zero-order chi connectivity index (χ0) is 10.9. The van der Waals surface area contributed by atoms with Gasteiger partial charge in [0.25, 0.3) is 0 Å². The molecule has 0 amide bonds. The summed E-state index contributed by atoms with van der Waals surface area (Å²) in [4.78, 5) is 5.27. The minimum atomic E-state index is 0.400. The van der Waals surface area contributed by atoms with E-state index in [-0.39, 0.29) is 0 Å². The lowest BCUT2D eigenvalue weighted by molar-refractivity contribution is -0.0120. The van der Waals surface area contributed by atoms with Crippen molar-refractivity contribution < 1.29 is 9.57 Å². The van der Waals surface area contributed by atoms with Crippen molar-refractivity contribution in [3.63, 3.8) is 0 Å². The molecule has 1 rings (SSSR count). The molecule has 1 saturated heterocycles. The summed E-state index contributed by atoms with van der Waals surface area (Å²) in [6.45, 7) is 4.57. The molecule has 1 aliphatic rings. The van der Waals surface area contributed by atoms with E-state index >= 15 is 0 Å². The Balaban J connectivity index is 1.98. The molecule has 90 valence electrons. The lowest BCUT2D eigenvalue weighted by atomic mass is 9.99. The molecule has 4 nitrogen and oxygen atoms in total. The Labute approximate surface area is 92.7 Å². The van der Waals surface area contributed by atoms with Gasteiger partial charge < -0.3 is 10.1 Å². The molecule has 1 aliphatic heterocycles. The molecule has 0 aliphatic carbocycles. The summed E-state index contributed by atoms with van der Waals surface area (Å²) in [6.07, 6.45) is 5.11. The van der Waals surface area contributed by atoms with Crippen LogP contribution in [0.1, 0.15) is 32.6 Å². The highest BCUT2D eigenvalue weighted by molar-refractivity contribution is 4.75. The molecule has 2 unspecified atom stereocenters. The first kappa shape index (κ1) is 12.9. The molecule has 1 fully saturated rings. The van der Waals surface area contributed by atoms with E-state index in [2.05, 4.69) is 17.7 Å². The summed E-state index contributed by atoms with van der Waals surface area (Å²) in [5, 5.41) is 3.53. The average Bonchev–Trinajstić information content (AvgIpc) is 2.26. The summed E-state index contributed by atoms with van der Waals surface area (Å²) in [6, 6.07) is 1.06. The fourth-order valence-electron chi connectivity index (χ4n) is 1.93. The summed E-state index contributed by atoms with van der Waals surface area (Å²) in [7, 11) is 1.68. The first-order valence-electron chi connectivity index (χ1n) is 5.92. The molecular formula is C11H24N2O2. The average molecular weight is 216 g/mol. The monoisotopic (exact) mass is 216 g/mol. The maximum absolute atomic E-state index is 5.27. The molecule has 0 saturated carbocycles. The van der Waals surface area contributed by atoms with Gasteiger partial charge in [-0.3, -0.25) is 4.84 Å². The van der Waals surface area contributed by atoms with Gasteiger partial charge in [0.1, 0.15) is 0 Å². The quantitative estimate of drug-likeness (QED) is 0.493. The molecular weight excluding hydrogens is 192 g/mol. The van der Waals surface area contributed by atoms with Crippen LogP contribution >= 0.6 is 0 Å². The molecule has 0 bridgehead atoms. The van der Waals surface area contributed by atoms with Crippen LogP contribution < -0.4 is 10.8 Å². The lowest BCUT2D eigenvalue weighted by Crippen LogP contribution is -2.40. The van der Waals surface area contributed by atoms with Crippen LogP contribution in [-0.2, 0) is 9.57 Å². The fourth-order valence-corrected chi connectivity index (χ4v) is 1.93. The van der Waals surface area contributed by atoms with Crippen molar-refractivity contribution in [3.8, 4) is 0 Å². The molecule has 15 heavy (non-hydrogen) atoms. The SMILES string of the molecule is COCCONC(C)CC1CCCCN1. The van der Waals surface area contributed by atoms with E-state index in [0.29, 0.717) is 25.3 Å². The van der Waals surface area contributed by atoms with Crippen molar-refractivity contribution in [1.82, 2.24) is 10.8 Å². The van der Waals surface area contributed by atoms with Crippen LogP contribution in [0.3, 0.4) is 0 Å². The molecule has 1 heterocycles. The van der Waals surface area contributed by atoms with Gasteiger partial charge in [0.2, 0.25) is 0 Å². The number of ether oxygens (including phenoxy) is 1. The summed E-state index contributed by atoms with van der Waals surface area (Å²) >= 11 is 0. The van der Waals surface area contributed by atoms with E-state index in [1.54, 1.807) is 7.11 Å². The topological polar surface area (TPSA) is 42.5 Å². The number of nitrogens with one attached hydrogen (secondary N) is 2. The van der Waals surface area contributed by atoms with Gasteiger partial charge in [-0.05, 0) is 32.7 Å². The third kappa shape index (κ3) is 6.10. The number of methoxy groups -OCH3 is 1. The molecule has 0 aromatic carbocycles. The Hall–Kier alpha value is -0.160. The van der Waals surface area contributed by atoms with E-state index in [4.69, 9.17) is 9.57 Å². The number of hydroxylamine groups is 1. The first-order valence-corrected chi connectivity index (χ1v) is 5.92. The van der Waals surface area contributed by atoms with Crippen molar-refractivity contribution in [1.29, 1.82) is 0 Å². The standard InChI is InChI=1S/C11H24N2O2/c1-10(13-15-8-7-14-2)9-11-5-3-4-6-12-11/h10-13H,3-9H2,1-2H3. The van der Waals surface area contributed by atoms with Crippen LogP contribution in [0.25, 0.3) is 0 Å². The van der Waals surface area contributed by atoms with E-state index in [9.17, 15) is 0 Å². The van der Waals surface area contributed by atoms with Gasteiger partial charge >= 0.3 is 0 Å². The zero-order valence-corrected chi connectivity index (χ0v) is 9.92. The molecule has 0 radical (unpaired) electrons. The van der Waals surface area contributed by atoms with Crippen molar-refractivity contribution >= 4 is 0 Å². The van der Waals surface area contributed by atoms with Crippen LogP contribution in [0.2, 0.25) is 0 Å². The lowest BCUT2D eigenvalue weighted by Gasteiger charge is -2.26. The predicted octanol–water partition coefficient (Wildman–Crippen LogP) is 1.07. The third-order valence-corrected chi connectivity index (χ3v) is 2.72. The summed E-state index contributed by atoms with van der Waals surface area (Å²) in [5.74, 6) is 0. The van der Waals surface area contributed by atoms with Gasteiger partial charge in [-0.1, -0.05) is 6.42 Å². The number of hydrogen-bond donors (Lipinski definition) is 2. The molecule has 0 aromatic heterocycles.